The highest BCUT2D eigenvalue weighted by atomic mass is 14.1. The lowest BCUT2D eigenvalue weighted by Gasteiger charge is -2.07. The molecule has 0 unspecified atom stereocenters. The largest absolute Gasteiger partial charge is 0.0587 e. The highest BCUT2D eigenvalue weighted by Gasteiger charge is 2.01. The molecule has 0 amide bonds. The van der Waals surface area contributed by atoms with Gasteiger partial charge in [0, 0.05) is 0 Å². The van der Waals surface area contributed by atoms with Crippen LogP contribution in [0.1, 0.15) is 44.5 Å². The second-order valence-corrected chi connectivity index (χ2v) is 7.05. The van der Waals surface area contributed by atoms with Gasteiger partial charge in [0.25, 0.3) is 0 Å². The number of benzene rings is 3. The van der Waals surface area contributed by atoms with Gasteiger partial charge in [-0.05, 0) is 61.1 Å². The molecule has 26 heavy (non-hydrogen) atoms. The Bertz CT molecular complexity index is 855. The molecule has 0 saturated carbocycles. The second-order valence-electron chi connectivity index (χ2n) is 7.05. The maximum absolute atomic E-state index is 2.27. The Morgan fingerprint density at radius 1 is 0.462 bits per heavy atom. The molecule has 0 aromatic heterocycles. The molecule has 0 bridgehead atoms. The van der Waals surface area contributed by atoms with E-state index in [-0.39, 0.29) is 0 Å². The van der Waals surface area contributed by atoms with Crippen molar-refractivity contribution in [1.29, 1.82) is 0 Å². The van der Waals surface area contributed by atoms with Crippen LogP contribution in [0.4, 0.5) is 0 Å². The van der Waals surface area contributed by atoms with Crippen molar-refractivity contribution in [1.82, 2.24) is 0 Å². The summed E-state index contributed by atoms with van der Waals surface area (Å²) in [7, 11) is 0. The van der Waals surface area contributed by atoms with Gasteiger partial charge >= 0.3 is 0 Å². The van der Waals surface area contributed by atoms with Crippen molar-refractivity contribution in [3.63, 3.8) is 0 Å². The van der Waals surface area contributed by atoms with Crippen molar-refractivity contribution in [3.8, 4) is 0 Å². The molecule has 0 fully saturated rings. The van der Waals surface area contributed by atoms with E-state index in [4.69, 9.17) is 0 Å². The molecule has 0 nitrogen and oxygen atoms in total. The third kappa shape index (κ3) is 4.61. The molecule has 0 heteroatoms. The van der Waals surface area contributed by atoms with Crippen LogP contribution in [0.15, 0.2) is 60.7 Å². The molecule has 3 aromatic rings. The highest BCUT2D eigenvalue weighted by molar-refractivity contribution is 5.76. The van der Waals surface area contributed by atoms with Crippen molar-refractivity contribution in [3.05, 3.63) is 105 Å². The maximum Gasteiger partial charge on any atom is -0.0224 e. The van der Waals surface area contributed by atoms with Gasteiger partial charge in [-0.2, -0.15) is 0 Å². The third-order valence-electron chi connectivity index (χ3n) is 4.72. The third-order valence-corrected chi connectivity index (χ3v) is 4.72. The molecular formula is C26H26. The van der Waals surface area contributed by atoms with Gasteiger partial charge < -0.3 is 0 Å². The zero-order chi connectivity index (χ0) is 18.5. The number of hydrogen-bond acceptors (Lipinski definition) is 0. The summed E-state index contributed by atoms with van der Waals surface area (Å²) in [5.74, 6) is 0. The van der Waals surface area contributed by atoms with Gasteiger partial charge in [0.05, 0.1) is 0 Å². The fraction of sp³-hybridized carbons (Fsp3) is 0.154. The smallest absolute Gasteiger partial charge is 0.0224 e. The van der Waals surface area contributed by atoms with Crippen LogP contribution in [0, 0.1) is 27.7 Å². The van der Waals surface area contributed by atoms with E-state index < -0.39 is 0 Å². The monoisotopic (exact) mass is 338 g/mol. The lowest BCUT2D eigenvalue weighted by molar-refractivity contribution is 1.36. The van der Waals surface area contributed by atoms with Crippen LogP contribution in [0.3, 0.4) is 0 Å². The first-order valence-electron chi connectivity index (χ1n) is 9.12. The van der Waals surface area contributed by atoms with Gasteiger partial charge in [0.15, 0.2) is 0 Å². The molecule has 3 rings (SSSR count). The molecule has 0 aliphatic carbocycles. The summed E-state index contributed by atoms with van der Waals surface area (Å²) in [6.45, 7) is 8.59. The van der Waals surface area contributed by atoms with E-state index in [0.29, 0.717) is 0 Å². The van der Waals surface area contributed by atoms with Crippen molar-refractivity contribution in [2.45, 2.75) is 27.7 Å². The minimum atomic E-state index is 1.23. The molecule has 0 radical (unpaired) electrons. The van der Waals surface area contributed by atoms with Crippen LogP contribution in [0.5, 0.6) is 0 Å². The molecule has 0 atom stereocenters. The quantitative estimate of drug-likeness (QED) is 0.439. The molecule has 0 saturated heterocycles. The molecule has 0 heterocycles. The number of aryl methyl sites for hydroxylation is 4. The van der Waals surface area contributed by atoms with Crippen LogP contribution in [-0.2, 0) is 0 Å². The van der Waals surface area contributed by atoms with E-state index in [2.05, 4.69) is 113 Å². The fourth-order valence-corrected chi connectivity index (χ4v) is 2.95. The minimum Gasteiger partial charge on any atom is -0.0587 e. The molecule has 0 aliphatic heterocycles. The Morgan fingerprint density at radius 2 is 0.808 bits per heavy atom. The van der Waals surface area contributed by atoms with Gasteiger partial charge in [-0.15, -0.1) is 0 Å². The van der Waals surface area contributed by atoms with Crippen molar-refractivity contribution in [2.24, 2.45) is 0 Å². The summed E-state index contributed by atoms with van der Waals surface area (Å²) < 4.78 is 0. The molecule has 0 spiro atoms. The zero-order valence-corrected chi connectivity index (χ0v) is 16.1. The van der Waals surface area contributed by atoms with Crippen LogP contribution in [0.25, 0.3) is 24.3 Å². The molecule has 0 N–H and O–H groups in total. The molecule has 0 aliphatic rings. The Labute approximate surface area is 157 Å². The maximum atomic E-state index is 2.27. The van der Waals surface area contributed by atoms with Gasteiger partial charge in [0.2, 0.25) is 0 Å². The van der Waals surface area contributed by atoms with E-state index >= 15 is 0 Å². The van der Waals surface area contributed by atoms with Gasteiger partial charge in [0.1, 0.15) is 0 Å². The Balaban J connectivity index is 1.81. The highest BCUT2D eigenvalue weighted by Crippen LogP contribution is 2.21. The first-order chi connectivity index (χ1) is 12.5. The van der Waals surface area contributed by atoms with Gasteiger partial charge in [-0.1, -0.05) is 96.1 Å². The number of rotatable bonds is 4. The van der Waals surface area contributed by atoms with E-state index in [0.717, 1.165) is 0 Å². The predicted molar refractivity (Wildman–Crippen MR) is 116 cm³/mol. The summed E-state index contributed by atoms with van der Waals surface area (Å²) >= 11 is 0. The Kier molecular flexibility index (Phi) is 5.53. The summed E-state index contributed by atoms with van der Waals surface area (Å²) in [4.78, 5) is 0. The van der Waals surface area contributed by atoms with Gasteiger partial charge in [-0.25, -0.2) is 0 Å². The predicted octanol–water partition coefficient (Wildman–Crippen LogP) is 7.26. The number of hydrogen-bond donors (Lipinski definition) is 0. The first kappa shape index (κ1) is 17.9. The van der Waals surface area contributed by atoms with E-state index in [9.17, 15) is 0 Å². The SMILES string of the molecule is Cc1ccc(/C=C/c2cc(C)c(/C=C/c3ccc(C)cc3)cc2C)cc1. The van der Waals surface area contributed by atoms with Crippen molar-refractivity contribution in [2.75, 3.05) is 0 Å². The molecular weight excluding hydrogens is 312 g/mol. The van der Waals surface area contributed by atoms with Crippen molar-refractivity contribution >= 4 is 24.3 Å². The summed E-state index contributed by atoms with van der Waals surface area (Å²) in [6, 6.07) is 21.8. The van der Waals surface area contributed by atoms with Crippen LogP contribution >= 0.6 is 0 Å². The average molecular weight is 338 g/mol. The van der Waals surface area contributed by atoms with Gasteiger partial charge in [-0.3, -0.25) is 0 Å². The fourth-order valence-electron chi connectivity index (χ4n) is 2.95. The van der Waals surface area contributed by atoms with Crippen molar-refractivity contribution < 1.29 is 0 Å². The second kappa shape index (κ2) is 8.01. The Hall–Kier alpha value is -2.86. The van der Waals surface area contributed by atoms with E-state index in [1.807, 2.05) is 0 Å². The van der Waals surface area contributed by atoms with E-state index in [1.54, 1.807) is 0 Å². The Morgan fingerprint density at radius 3 is 1.15 bits per heavy atom. The summed E-state index contributed by atoms with van der Waals surface area (Å²) in [5.41, 5.74) is 10.2. The minimum absolute atomic E-state index is 1.23. The first-order valence-corrected chi connectivity index (χ1v) is 9.12. The summed E-state index contributed by atoms with van der Waals surface area (Å²) in [6.07, 6.45) is 8.78. The van der Waals surface area contributed by atoms with E-state index in [1.165, 1.54) is 44.5 Å². The topological polar surface area (TPSA) is 0 Å². The lowest BCUT2D eigenvalue weighted by atomic mass is 9.98. The molecule has 130 valence electrons. The van der Waals surface area contributed by atoms with Crippen LogP contribution in [0.2, 0.25) is 0 Å². The zero-order valence-electron chi connectivity index (χ0n) is 16.1. The average Bonchev–Trinajstić information content (AvgIpc) is 2.63. The molecule has 3 aromatic carbocycles. The normalized spacial score (nSPS) is 11.5. The van der Waals surface area contributed by atoms with Crippen LogP contribution < -0.4 is 0 Å². The van der Waals surface area contributed by atoms with Crippen LogP contribution in [-0.4, -0.2) is 0 Å². The summed E-state index contributed by atoms with van der Waals surface area (Å²) in [5, 5.41) is 0. The lowest BCUT2D eigenvalue weighted by Crippen LogP contribution is -1.88. The standard InChI is InChI=1S/C26H26/c1-19-5-9-23(10-6-19)13-15-25-17-22(4)26(18-21(25)3)16-14-24-11-7-20(2)8-12-24/h5-18H,1-4H3/b15-13+,16-14+.